The normalized spacial score (nSPS) is 16.0. The van der Waals surface area contributed by atoms with Gasteiger partial charge in [-0.15, -0.1) is 10.2 Å². The van der Waals surface area contributed by atoms with E-state index in [0.717, 1.165) is 30.8 Å². The van der Waals surface area contributed by atoms with E-state index in [4.69, 9.17) is 0 Å². The fourth-order valence-electron chi connectivity index (χ4n) is 1.50. The van der Waals surface area contributed by atoms with Gasteiger partial charge in [-0.3, -0.25) is 0 Å². The molecule has 1 aliphatic carbocycles. The molecule has 0 aliphatic heterocycles. The quantitative estimate of drug-likeness (QED) is 0.569. The molecule has 0 radical (unpaired) electrons. The summed E-state index contributed by atoms with van der Waals surface area (Å²) >= 11 is 0. The first-order valence-corrected chi connectivity index (χ1v) is 6.14. The lowest BCUT2D eigenvalue weighted by Gasteiger charge is -2.10. The van der Waals surface area contributed by atoms with Crippen LogP contribution in [0.4, 0.5) is 0 Å². The van der Waals surface area contributed by atoms with E-state index in [0.29, 0.717) is 6.54 Å². The van der Waals surface area contributed by atoms with Gasteiger partial charge >= 0.3 is 0 Å². The second kappa shape index (κ2) is 5.65. The predicted molar refractivity (Wildman–Crippen MR) is 66.5 cm³/mol. The number of rotatable bonds is 5. The van der Waals surface area contributed by atoms with Crippen LogP contribution in [0.2, 0.25) is 0 Å². The fraction of sp³-hybridized carbons (Fsp3) is 0.727. The van der Waals surface area contributed by atoms with E-state index in [1.54, 1.807) is 6.33 Å². The van der Waals surface area contributed by atoms with E-state index in [1.165, 1.54) is 12.8 Å². The first-order chi connectivity index (χ1) is 8.29. The summed E-state index contributed by atoms with van der Waals surface area (Å²) in [4.78, 5) is 4.49. The molecule has 1 fully saturated rings. The number of aliphatic imine (C=N–C) groups is 1. The average molecular weight is 236 g/mol. The molecule has 0 atom stereocenters. The first kappa shape index (κ1) is 11.9. The molecule has 1 saturated carbocycles. The van der Waals surface area contributed by atoms with Gasteiger partial charge in [0.05, 0.1) is 0 Å². The van der Waals surface area contributed by atoms with E-state index in [1.807, 2.05) is 11.6 Å². The highest BCUT2D eigenvalue weighted by molar-refractivity contribution is 5.79. The molecule has 0 unspecified atom stereocenters. The van der Waals surface area contributed by atoms with Gasteiger partial charge in [-0.1, -0.05) is 0 Å². The molecule has 2 N–H and O–H groups in total. The molecular weight excluding hydrogens is 216 g/mol. The average Bonchev–Trinajstić information content (AvgIpc) is 3.06. The maximum atomic E-state index is 4.49. The Morgan fingerprint density at radius 3 is 2.94 bits per heavy atom. The van der Waals surface area contributed by atoms with Crippen LogP contribution in [-0.2, 0) is 13.6 Å². The van der Waals surface area contributed by atoms with Crippen LogP contribution >= 0.6 is 0 Å². The third-order valence-corrected chi connectivity index (χ3v) is 2.78. The monoisotopic (exact) mass is 236 g/mol. The number of nitrogens with one attached hydrogen (secondary N) is 2. The summed E-state index contributed by atoms with van der Waals surface area (Å²) in [6.45, 7) is 4.51. The number of hydrogen-bond donors (Lipinski definition) is 2. The Morgan fingerprint density at radius 1 is 1.53 bits per heavy atom. The van der Waals surface area contributed by atoms with Crippen LogP contribution in [0.1, 0.15) is 25.6 Å². The maximum absolute atomic E-state index is 4.49. The lowest BCUT2D eigenvalue weighted by atomic mass is 10.4. The van der Waals surface area contributed by atoms with Gasteiger partial charge in [-0.2, -0.15) is 0 Å². The summed E-state index contributed by atoms with van der Waals surface area (Å²) in [5.41, 5.74) is 0. The molecule has 1 heterocycles. The highest BCUT2D eigenvalue weighted by Crippen LogP contribution is 2.27. The molecule has 6 nitrogen and oxygen atoms in total. The minimum atomic E-state index is 0.552. The summed E-state index contributed by atoms with van der Waals surface area (Å²) in [6, 6.07) is 0. The van der Waals surface area contributed by atoms with Crippen molar-refractivity contribution in [3.63, 3.8) is 0 Å². The van der Waals surface area contributed by atoms with Gasteiger partial charge in [0.1, 0.15) is 12.9 Å². The van der Waals surface area contributed by atoms with Gasteiger partial charge < -0.3 is 15.2 Å². The zero-order valence-electron chi connectivity index (χ0n) is 10.5. The van der Waals surface area contributed by atoms with Crippen LogP contribution in [0.3, 0.4) is 0 Å². The summed E-state index contributed by atoms with van der Waals surface area (Å²) in [5, 5.41) is 14.4. The van der Waals surface area contributed by atoms with Crippen molar-refractivity contribution in [2.45, 2.75) is 26.3 Å². The van der Waals surface area contributed by atoms with Crippen LogP contribution < -0.4 is 10.6 Å². The van der Waals surface area contributed by atoms with E-state index in [9.17, 15) is 0 Å². The number of hydrogen-bond acceptors (Lipinski definition) is 3. The highest BCUT2D eigenvalue weighted by Gasteiger charge is 2.21. The predicted octanol–water partition coefficient (Wildman–Crippen LogP) is 0.280. The van der Waals surface area contributed by atoms with Crippen molar-refractivity contribution in [2.24, 2.45) is 18.0 Å². The summed E-state index contributed by atoms with van der Waals surface area (Å²) in [6.07, 6.45) is 4.38. The van der Waals surface area contributed by atoms with Crippen molar-refractivity contribution in [3.05, 3.63) is 12.2 Å². The molecule has 6 heteroatoms. The van der Waals surface area contributed by atoms with Crippen molar-refractivity contribution in [1.82, 2.24) is 25.4 Å². The Balaban J connectivity index is 1.86. The largest absolute Gasteiger partial charge is 0.357 e. The van der Waals surface area contributed by atoms with Crippen LogP contribution in [0.25, 0.3) is 0 Å². The van der Waals surface area contributed by atoms with E-state index < -0.39 is 0 Å². The third-order valence-electron chi connectivity index (χ3n) is 2.78. The lowest BCUT2D eigenvalue weighted by molar-refractivity contribution is 0.729. The van der Waals surface area contributed by atoms with Gasteiger partial charge in [0.15, 0.2) is 11.8 Å². The van der Waals surface area contributed by atoms with Gasteiger partial charge in [0, 0.05) is 20.1 Å². The summed E-state index contributed by atoms with van der Waals surface area (Å²) < 4.78 is 1.88. The Hall–Kier alpha value is -1.59. The zero-order valence-corrected chi connectivity index (χ0v) is 10.5. The minimum Gasteiger partial charge on any atom is -0.357 e. The molecule has 0 amide bonds. The number of aryl methyl sites for hydroxylation is 1. The Labute approximate surface area is 102 Å². The molecule has 0 bridgehead atoms. The van der Waals surface area contributed by atoms with Gasteiger partial charge in [-0.05, 0) is 25.7 Å². The molecular formula is C11H20N6. The Bertz CT molecular complexity index is 379. The minimum absolute atomic E-state index is 0.552. The second-order valence-corrected chi connectivity index (χ2v) is 4.38. The van der Waals surface area contributed by atoms with Crippen LogP contribution in [0.5, 0.6) is 0 Å². The Kier molecular flexibility index (Phi) is 3.95. The molecule has 0 saturated heterocycles. The number of nitrogens with zero attached hydrogens (tertiary/aromatic N) is 4. The molecule has 2 rings (SSSR count). The van der Waals surface area contributed by atoms with Crippen molar-refractivity contribution < 1.29 is 0 Å². The first-order valence-electron chi connectivity index (χ1n) is 6.14. The molecule has 1 aliphatic rings. The summed E-state index contributed by atoms with van der Waals surface area (Å²) in [5.74, 6) is 2.57. The van der Waals surface area contributed by atoms with Gasteiger partial charge in [0.25, 0.3) is 0 Å². The van der Waals surface area contributed by atoms with Gasteiger partial charge in [0.2, 0.25) is 0 Å². The molecule has 94 valence electrons. The molecule has 0 spiro atoms. The molecule has 17 heavy (non-hydrogen) atoms. The van der Waals surface area contributed by atoms with Crippen molar-refractivity contribution in [3.8, 4) is 0 Å². The van der Waals surface area contributed by atoms with E-state index in [-0.39, 0.29) is 0 Å². The van der Waals surface area contributed by atoms with E-state index in [2.05, 4.69) is 32.7 Å². The third kappa shape index (κ3) is 3.72. The smallest absolute Gasteiger partial charge is 0.191 e. The Morgan fingerprint density at radius 2 is 2.35 bits per heavy atom. The van der Waals surface area contributed by atoms with Crippen molar-refractivity contribution in [1.29, 1.82) is 0 Å². The lowest BCUT2D eigenvalue weighted by Crippen LogP contribution is -2.38. The van der Waals surface area contributed by atoms with Crippen LogP contribution in [0, 0.1) is 5.92 Å². The molecule has 0 aromatic carbocycles. The topological polar surface area (TPSA) is 67.1 Å². The molecule has 1 aromatic rings. The van der Waals surface area contributed by atoms with Gasteiger partial charge in [-0.25, -0.2) is 4.99 Å². The van der Waals surface area contributed by atoms with Crippen molar-refractivity contribution in [2.75, 3.05) is 13.1 Å². The SMILES string of the molecule is CCNC(=NCc1nncn1C)NCC1CC1. The van der Waals surface area contributed by atoms with E-state index >= 15 is 0 Å². The standard InChI is InChI=1S/C11H20N6/c1-3-12-11(13-6-9-4-5-9)14-7-10-16-15-8-17(10)2/h8-9H,3-7H2,1-2H3,(H2,12,13,14). The van der Waals surface area contributed by atoms with Crippen LogP contribution in [0.15, 0.2) is 11.3 Å². The van der Waals surface area contributed by atoms with Crippen LogP contribution in [-0.4, -0.2) is 33.8 Å². The molecule has 1 aromatic heterocycles. The zero-order chi connectivity index (χ0) is 12.1. The fourth-order valence-corrected chi connectivity index (χ4v) is 1.50. The maximum Gasteiger partial charge on any atom is 0.191 e. The van der Waals surface area contributed by atoms with Crippen molar-refractivity contribution >= 4 is 5.96 Å². The summed E-state index contributed by atoms with van der Waals surface area (Å²) in [7, 11) is 1.93. The number of guanidine groups is 1. The number of aromatic nitrogens is 3. The second-order valence-electron chi connectivity index (χ2n) is 4.38. The highest BCUT2D eigenvalue weighted by atomic mass is 15.3.